The number of rotatable bonds is 8. The number of carboxylic acid groups (broad SMARTS) is 1. The Morgan fingerprint density at radius 1 is 1.47 bits per heavy atom. The van der Waals surface area contributed by atoms with Crippen LogP contribution in [0.5, 0.6) is 0 Å². The number of ether oxygens (including phenoxy) is 1. The van der Waals surface area contributed by atoms with Gasteiger partial charge in [-0.3, -0.25) is 0 Å². The van der Waals surface area contributed by atoms with Gasteiger partial charge in [-0.1, -0.05) is 29.8 Å². The van der Waals surface area contributed by atoms with Gasteiger partial charge < -0.3 is 15.2 Å². The topological polar surface area (TPSA) is 58.6 Å². The summed E-state index contributed by atoms with van der Waals surface area (Å²) in [5, 5.41) is 12.2. The molecule has 0 heterocycles. The Labute approximate surface area is 122 Å². The van der Waals surface area contributed by atoms with Crippen LogP contribution in [0.4, 0.5) is 5.69 Å². The second-order valence-corrected chi connectivity index (χ2v) is 5.66. The Kier molecular flexibility index (Phi) is 6.87. The molecule has 0 aliphatic rings. The van der Waals surface area contributed by atoms with E-state index in [4.69, 9.17) is 9.84 Å². The third-order valence-corrected chi connectivity index (χ3v) is 2.94. The lowest BCUT2D eigenvalue weighted by Gasteiger charge is -2.11. The third kappa shape index (κ3) is 6.07. The van der Waals surface area contributed by atoms with E-state index in [0.717, 1.165) is 17.5 Å². The highest BCUT2D eigenvalue weighted by Crippen LogP contribution is 2.21. The van der Waals surface area contributed by atoms with Gasteiger partial charge in [-0.2, -0.15) is 0 Å². The first-order valence-electron chi connectivity index (χ1n) is 6.35. The zero-order valence-electron chi connectivity index (χ0n) is 11.3. The van der Waals surface area contributed by atoms with Crippen LogP contribution in [0.2, 0.25) is 0 Å². The number of carbonyl (C=O) groups is 1. The van der Waals surface area contributed by atoms with E-state index in [9.17, 15) is 4.79 Å². The molecule has 0 saturated heterocycles. The molecule has 0 amide bonds. The van der Waals surface area contributed by atoms with Gasteiger partial charge in [0, 0.05) is 29.9 Å². The maximum absolute atomic E-state index is 11.1. The number of hydrogen-bond acceptors (Lipinski definition) is 3. The average Bonchev–Trinajstić information content (AvgIpc) is 2.34. The first kappa shape index (κ1) is 16.0. The van der Waals surface area contributed by atoms with Crippen molar-refractivity contribution in [1.29, 1.82) is 0 Å². The van der Waals surface area contributed by atoms with E-state index in [2.05, 4.69) is 35.1 Å². The lowest BCUT2D eigenvalue weighted by atomic mass is 10.2. The Morgan fingerprint density at radius 2 is 2.21 bits per heavy atom. The van der Waals surface area contributed by atoms with Crippen LogP contribution in [-0.4, -0.2) is 30.8 Å². The van der Waals surface area contributed by atoms with Gasteiger partial charge in [0.25, 0.3) is 0 Å². The molecule has 5 heteroatoms. The van der Waals surface area contributed by atoms with Crippen LogP contribution in [-0.2, 0) is 4.74 Å². The monoisotopic (exact) mass is 329 g/mol. The summed E-state index contributed by atoms with van der Waals surface area (Å²) in [6, 6.07) is 5.19. The van der Waals surface area contributed by atoms with Crippen molar-refractivity contribution < 1.29 is 14.6 Å². The Bertz CT molecular complexity index is 421. The molecule has 0 spiro atoms. The van der Waals surface area contributed by atoms with Crippen LogP contribution in [0.3, 0.4) is 0 Å². The highest BCUT2D eigenvalue weighted by Gasteiger charge is 2.09. The minimum absolute atomic E-state index is 0.275. The van der Waals surface area contributed by atoms with E-state index in [1.807, 2.05) is 6.07 Å². The predicted octanol–water partition coefficient (Wildman–Crippen LogP) is 3.62. The fourth-order valence-electron chi connectivity index (χ4n) is 1.56. The fraction of sp³-hybridized carbons (Fsp3) is 0.500. The largest absolute Gasteiger partial charge is 0.478 e. The summed E-state index contributed by atoms with van der Waals surface area (Å²) >= 11 is 3.27. The van der Waals surface area contributed by atoms with Crippen molar-refractivity contribution in [3.8, 4) is 0 Å². The van der Waals surface area contributed by atoms with Gasteiger partial charge in [-0.05, 0) is 30.5 Å². The summed E-state index contributed by atoms with van der Waals surface area (Å²) in [5.74, 6) is -0.391. The first-order chi connectivity index (χ1) is 9.00. The molecule has 0 atom stereocenters. The molecular weight excluding hydrogens is 310 g/mol. The van der Waals surface area contributed by atoms with Crippen LogP contribution in [0, 0.1) is 5.92 Å². The summed E-state index contributed by atoms with van der Waals surface area (Å²) in [6.07, 6.45) is 0.849. The van der Waals surface area contributed by atoms with Gasteiger partial charge in [0.15, 0.2) is 0 Å². The van der Waals surface area contributed by atoms with Crippen LogP contribution in [0.15, 0.2) is 22.7 Å². The first-order valence-corrected chi connectivity index (χ1v) is 7.14. The second-order valence-electron chi connectivity index (χ2n) is 4.74. The van der Waals surface area contributed by atoms with Crippen molar-refractivity contribution >= 4 is 27.6 Å². The van der Waals surface area contributed by atoms with E-state index in [1.54, 1.807) is 12.1 Å². The van der Waals surface area contributed by atoms with Gasteiger partial charge in [-0.15, -0.1) is 0 Å². The number of nitrogens with one attached hydrogen (secondary N) is 1. The van der Waals surface area contributed by atoms with Crippen molar-refractivity contribution in [3.63, 3.8) is 0 Å². The van der Waals surface area contributed by atoms with Crippen LogP contribution in [0.25, 0.3) is 0 Å². The molecule has 19 heavy (non-hydrogen) atoms. The van der Waals surface area contributed by atoms with Crippen LogP contribution >= 0.6 is 15.9 Å². The molecule has 4 nitrogen and oxygen atoms in total. The van der Waals surface area contributed by atoms with E-state index in [-0.39, 0.29) is 5.56 Å². The van der Waals surface area contributed by atoms with E-state index in [0.29, 0.717) is 24.8 Å². The molecule has 0 saturated carbocycles. The molecule has 1 rings (SSSR count). The van der Waals surface area contributed by atoms with Gasteiger partial charge in [0.1, 0.15) is 0 Å². The molecule has 1 aromatic carbocycles. The van der Waals surface area contributed by atoms with Gasteiger partial charge in [0.2, 0.25) is 0 Å². The predicted molar refractivity (Wildman–Crippen MR) is 79.9 cm³/mol. The molecule has 0 unspecified atom stereocenters. The van der Waals surface area contributed by atoms with Crippen LogP contribution in [0.1, 0.15) is 30.6 Å². The van der Waals surface area contributed by atoms with Crippen molar-refractivity contribution in [2.75, 3.05) is 25.1 Å². The zero-order chi connectivity index (χ0) is 14.3. The lowest BCUT2D eigenvalue weighted by Crippen LogP contribution is -2.11. The molecule has 0 aliphatic heterocycles. The molecule has 0 radical (unpaired) electrons. The molecule has 1 aromatic rings. The average molecular weight is 330 g/mol. The summed E-state index contributed by atoms with van der Waals surface area (Å²) in [6.45, 7) is 6.36. The standard InChI is InChI=1S/C14H20BrNO3/c1-10(2)9-19-7-3-6-16-13-5-4-11(15)8-12(13)14(17)18/h4-5,8,10,16H,3,6-7,9H2,1-2H3,(H,17,18). The number of aromatic carboxylic acids is 1. The Balaban J connectivity index is 2.39. The van der Waals surface area contributed by atoms with Crippen molar-refractivity contribution in [3.05, 3.63) is 28.2 Å². The quantitative estimate of drug-likeness (QED) is 0.715. The lowest BCUT2D eigenvalue weighted by molar-refractivity contribution is 0.0698. The minimum atomic E-state index is -0.931. The fourth-order valence-corrected chi connectivity index (χ4v) is 1.92. The number of anilines is 1. The molecule has 0 aliphatic carbocycles. The van der Waals surface area contributed by atoms with E-state index < -0.39 is 5.97 Å². The molecule has 2 N–H and O–H groups in total. The molecule has 0 aromatic heterocycles. The Hall–Kier alpha value is -1.07. The van der Waals surface area contributed by atoms with Gasteiger partial charge in [0.05, 0.1) is 5.56 Å². The van der Waals surface area contributed by atoms with Crippen LogP contribution < -0.4 is 5.32 Å². The zero-order valence-corrected chi connectivity index (χ0v) is 12.9. The SMILES string of the molecule is CC(C)COCCCNc1ccc(Br)cc1C(=O)O. The van der Waals surface area contributed by atoms with Crippen molar-refractivity contribution in [1.82, 2.24) is 0 Å². The number of benzene rings is 1. The van der Waals surface area contributed by atoms with E-state index >= 15 is 0 Å². The second kappa shape index (κ2) is 8.17. The highest BCUT2D eigenvalue weighted by molar-refractivity contribution is 9.10. The highest BCUT2D eigenvalue weighted by atomic mass is 79.9. The van der Waals surface area contributed by atoms with E-state index in [1.165, 1.54) is 0 Å². The molecule has 0 fully saturated rings. The summed E-state index contributed by atoms with van der Waals surface area (Å²) in [4.78, 5) is 11.1. The maximum Gasteiger partial charge on any atom is 0.337 e. The number of halogens is 1. The van der Waals surface area contributed by atoms with Gasteiger partial charge >= 0.3 is 5.97 Å². The van der Waals surface area contributed by atoms with Gasteiger partial charge in [-0.25, -0.2) is 4.79 Å². The summed E-state index contributed by atoms with van der Waals surface area (Å²) < 4.78 is 6.23. The minimum Gasteiger partial charge on any atom is -0.478 e. The smallest absolute Gasteiger partial charge is 0.337 e. The number of carboxylic acids is 1. The molecular formula is C14H20BrNO3. The molecule has 106 valence electrons. The number of hydrogen-bond donors (Lipinski definition) is 2. The third-order valence-electron chi connectivity index (χ3n) is 2.44. The summed E-state index contributed by atoms with van der Waals surface area (Å²) in [7, 11) is 0. The Morgan fingerprint density at radius 3 is 2.84 bits per heavy atom. The molecule has 0 bridgehead atoms. The van der Waals surface area contributed by atoms with Crippen molar-refractivity contribution in [2.24, 2.45) is 5.92 Å². The normalized spacial score (nSPS) is 10.7. The summed E-state index contributed by atoms with van der Waals surface area (Å²) in [5.41, 5.74) is 0.914. The maximum atomic E-state index is 11.1. The van der Waals surface area contributed by atoms with Crippen molar-refractivity contribution in [2.45, 2.75) is 20.3 Å².